The van der Waals surface area contributed by atoms with E-state index in [-0.39, 0.29) is 12.1 Å². The maximum Gasteiger partial charge on any atom is 0.319 e. The minimum Gasteiger partial charge on any atom is -0.376 e. The first-order chi connectivity index (χ1) is 9.16. The van der Waals surface area contributed by atoms with E-state index in [4.69, 9.17) is 4.74 Å². The van der Waals surface area contributed by atoms with E-state index in [0.717, 1.165) is 30.8 Å². The van der Waals surface area contributed by atoms with Crippen LogP contribution in [-0.2, 0) is 4.74 Å². The molecule has 2 amide bonds. The van der Waals surface area contributed by atoms with Gasteiger partial charge in [-0.1, -0.05) is 12.1 Å². The molecule has 19 heavy (non-hydrogen) atoms. The Morgan fingerprint density at radius 1 is 1.42 bits per heavy atom. The number of amides is 2. The summed E-state index contributed by atoms with van der Waals surface area (Å²) >= 11 is 0. The fourth-order valence-electron chi connectivity index (χ4n) is 2.15. The van der Waals surface area contributed by atoms with Gasteiger partial charge in [0.1, 0.15) is 0 Å². The molecule has 1 unspecified atom stereocenters. The van der Waals surface area contributed by atoms with Gasteiger partial charge in [-0.3, -0.25) is 0 Å². The van der Waals surface area contributed by atoms with Crippen molar-refractivity contribution in [3.05, 3.63) is 24.3 Å². The molecule has 1 aliphatic heterocycles. The number of carbonyl (C=O) groups excluding carboxylic acids is 1. The molecule has 1 aromatic rings. The number of ether oxygens (including phenoxy) is 1. The highest BCUT2D eigenvalue weighted by atomic mass is 16.5. The summed E-state index contributed by atoms with van der Waals surface area (Å²) in [4.78, 5) is 13.8. The molecule has 0 spiro atoms. The van der Waals surface area contributed by atoms with Crippen molar-refractivity contribution < 1.29 is 9.53 Å². The van der Waals surface area contributed by atoms with E-state index < -0.39 is 0 Å². The third-order valence-corrected chi connectivity index (χ3v) is 3.15. The number of benzene rings is 1. The number of para-hydroxylation sites is 2. The van der Waals surface area contributed by atoms with Gasteiger partial charge in [0.15, 0.2) is 0 Å². The highest BCUT2D eigenvalue weighted by Crippen LogP contribution is 2.23. The van der Waals surface area contributed by atoms with Crippen molar-refractivity contribution in [3.8, 4) is 0 Å². The largest absolute Gasteiger partial charge is 0.376 e. The van der Waals surface area contributed by atoms with Crippen LogP contribution in [0.25, 0.3) is 0 Å². The molecule has 104 valence electrons. The minimum absolute atomic E-state index is 0.162. The van der Waals surface area contributed by atoms with Crippen LogP contribution < -0.4 is 15.5 Å². The van der Waals surface area contributed by atoms with Crippen LogP contribution in [0.5, 0.6) is 0 Å². The lowest BCUT2D eigenvalue weighted by atomic mass is 10.2. The summed E-state index contributed by atoms with van der Waals surface area (Å²) in [5.74, 6) is 0. The van der Waals surface area contributed by atoms with Gasteiger partial charge in [-0.05, 0) is 25.0 Å². The van der Waals surface area contributed by atoms with Gasteiger partial charge in [-0.2, -0.15) is 0 Å². The van der Waals surface area contributed by atoms with Crippen LogP contribution in [0.2, 0.25) is 0 Å². The number of rotatable bonds is 4. The van der Waals surface area contributed by atoms with E-state index in [1.54, 1.807) is 0 Å². The second-order valence-corrected chi connectivity index (χ2v) is 4.88. The van der Waals surface area contributed by atoms with Gasteiger partial charge in [0.25, 0.3) is 0 Å². The van der Waals surface area contributed by atoms with Crippen molar-refractivity contribution in [1.82, 2.24) is 5.32 Å². The second kappa shape index (κ2) is 6.43. The molecule has 0 saturated carbocycles. The zero-order chi connectivity index (χ0) is 13.7. The number of hydrogen-bond donors (Lipinski definition) is 2. The van der Waals surface area contributed by atoms with Crippen LogP contribution in [0, 0.1) is 0 Å². The number of hydrogen-bond acceptors (Lipinski definition) is 3. The fraction of sp³-hybridized carbons (Fsp3) is 0.500. The van der Waals surface area contributed by atoms with E-state index in [1.807, 2.05) is 43.3 Å². The molecule has 1 fully saturated rings. The summed E-state index contributed by atoms with van der Waals surface area (Å²) in [5, 5.41) is 5.71. The van der Waals surface area contributed by atoms with E-state index in [0.29, 0.717) is 6.54 Å². The SMILES string of the molecule is CN(C)c1ccccc1NC(=O)NCC1CCCO1. The average molecular weight is 263 g/mol. The van der Waals surface area contributed by atoms with Gasteiger partial charge in [0.05, 0.1) is 17.5 Å². The highest BCUT2D eigenvalue weighted by molar-refractivity contribution is 5.93. The van der Waals surface area contributed by atoms with Crippen molar-refractivity contribution in [2.24, 2.45) is 0 Å². The van der Waals surface area contributed by atoms with Crippen LogP contribution in [0.3, 0.4) is 0 Å². The van der Waals surface area contributed by atoms with Crippen LogP contribution in [0.1, 0.15) is 12.8 Å². The Labute approximate surface area is 113 Å². The molecule has 5 nitrogen and oxygen atoms in total. The molecule has 1 heterocycles. The molecule has 0 bridgehead atoms. The van der Waals surface area contributed by atoms with Gasteiger partial charge in [0.2, 0.25) is 0 Å². The standard InChI is InChI=1S/C14H21N3O2/c1-17(2)13-8-4-3-7-12(13)16-14(18)15-10-11-6-5-9-19-11/h3-4,7-8,11H,5-6,9-10H2,1-2H3,(H2,15,16,18). The number of carbonyl (C=O) groups is 1. The van der Waals surface area contributed by atoms with E-state index in [2.05, 4.69) is 10.6 Å². The zero-order valence-corrected chi connectivity index (χ0v) is 11.5. The third kappa shape index (κ3) is 3.86. The molecule has 2 N–H and O–H groups in total. The molecular weight excluding hydrogens is 242 g/mol. The topological polar surface area (TPSA) is 53.6 Å². The second-order valence-electron chi connectivity index (χ2n) is 4.88. The number of nitrogens with one attached hydrogen (secondary N) is 2. The number of anilines is 2. The summed E-state index contributed by atoms with van der Waals surface area (Å²) in [5.41, 5.74) is 1.78. The average Bonchev–Trinajstić information content (AvgIpc) is 2.90. The molecule has 1 aromatic carbocycles. The first-order valence-corrected chi connectivity index (χ1v) is 6.59. The molecule has 5 heteroatoms. The maximum absolute atomic E-state index is 11.8. The third-order valence-electron chi connectivity index (χ3n) is 3.15. The molecule has 0 radical (unpaired) electrons. The van der Waals surface area contributed by atoms with Crippen molar-refractivity contribution in [3.63, 3.8) is 0 Å². The lowest BCUT2D eigenvalue weighted by Crippen LogP contribution is -2.35. The maximum atomic E-state index is 11.8. The van der Waals surface area contributed by atoms with Crippen molar-refractivity contribution in [2.45, 2.75) is 18.9 Å². The summed E-state index contributed by atoms with van der Waals surface area (Å²) in [6.45, 7) is 1.37. The van der Waals surface area contributed by atoms with Crippen LogP contribution >= 0.6 is 0 Å². The summed E-state index contributed by atoms with van der Waals surface area (Å²) in [6.07, 6.45) is 2.27. The van der Waals surface area contributed by atoms with Gasteiger partial charge < -0.3 is 20.3 Å². The van der Waals surface area contributed by atoms with Gasteiger partial charge in [-0.15, -0.1) is 0 Å². The Morgan fingerprint density at radius 3 is 2.89 bits per heavy atom. The van der Waals surface area contributed by atoms with Crippen LogP contribution in [0.15, 0.2) is 24.3 Å². The Bertz CT molecular complexity index is 428. The molecule has 0 aliphatic carbocycles. The molecule has 2 rings (SSSR count). The highest BCUT2D eigenvalue weighted by Gasteiger charge is 2.16. The molecule has 1 saturated heterocycles. The van der Waals surface area contributed by atoms with Crippen molar-refractivity contribution >= 4 is 17.4 Å². The summed E-state index contributed by atoms with van der Waals surface area (Å²) in [6, 6.07) is 7.52. The Balaban J connectivity index is 1.87. The Kier molecular flexibility index (Phi) is 4.63. The van der Waals surface area contributed by atoms with Crippen molar-refractivity contribution in [2.75, 3.05) is 37.5 Å². The molecular formula is C14H21N3O2. The van der Waals surface area contributed by atoms with E-state index >= 15 is 0 Å². The van der Waals surface area contributed by atoms with E-state index in [1.165, 1.54) is 0 Å². The van der Waals surface area contributed by atoms with Gasteiger partial charge in [0, 0.05) is 27.2 Å². The Hall–Kier alpha value is -1.75. The zero-order valence-electron chi connectivity index (χ0n) is 11.5. The molecule has 1 aliphatic rings. The molecule has 0 aromatic heterocycles. The smallest absolute Gasteiger partial charge is 0.319 e. The first kappa shape index (κ1) is 13.7. The summed E-state index contributed by atoms with van der Waals surface area (Å²) in [7, 11) is 3.90. The molecule has 1 atom stereocenters. The fourth-order valence-corrected chi connectivity index (χ4v) is 2.15. The minimum atomic E-state index is -0.190. The van der Waals surface area contributed by atoms with Gasteiger partial charge in [-0.25, -0.2) is 4.79 Å². The van der Waals surface area contributed by atoms with E-state index in [9.17, 15) is 4.79 Å². The normalized spacial score (nSPS) is 18.1. The lowest BCUT2D eigenvalue weighted by molar-refractivity contribution is 0.112. The number of nitrogens with zero attached hydrogens (tertiary/aromatic N) is 1. The quantitative estimate of drug-likeness (QED) is 0.874. The first-order valence-electron chi connectivity index (χ1n) is 6.59. The number of urea groups is 1. The summed E-state index contributed by atoms with van der Waals surface area (Å²) < 4.78 is 5.46. The van der Waals surface area contributed by atoms with Gasteiger partial charge >= 0.3 is 6.03 Å². The monoisotopic (exact) mass is 263 g/mol. The Morgan fingerprint density at radius 2 is 2.21 bits per heavy atom. The van der Waals surface area contributed by atoms with Crippen molar-refractivity contribution in [1.29, 1.82) is 0 Å². The lowest BCUT2D eigenvalue weighted by Gasteiger charge is -2.18. The predicted molar refractivity (Wildman–Crippen MR) is 76.8 cm³/mol. The van der Waals surface area contributed by atoms with Crippen LogP contribution in [0.4, 0.5) is 16.2 Å². The predicted octanol–water partition coefficient (Wildman–Crippen LogP) is 2.05. The van der Waals surface area contributed by atoms with Crippen LogP contribution in [-0.4, -0.2) is 39.4 Å².